The molecule has 2 aromatic carbocycles. The van der Waals surface area contributed by atoms with Crippen molar-refractivity contribution in [3.8, 4) is 11.1 Å². The summed E-state index contributed by atoms with van der Waals surface area (Å²) in [5, 5.41) is 0. The van der Waals surface area contributed by atoms with Crippen LogP contribution in [0, 0.1) is 0 Å². The zero-order chi connectivity index (χ0) is 15.9. The SMILES string of the molecule is C=CC=C(C)C.CC1=Cc2c(cccc2-c2ccccc2)C1. The number of rotatable bonds is 2. The number of hydrogen-bond donors (Lipinski definition) is 0. The van der Waals surface area contributed by atoms with Crippen LogP contribution in [0.2, 0.25) is 0 Å². The summed E-state index contributed by atoms with van der Waals surface area (Å²) in [5.74, 6) is 0. The van der Waals surface area contributed by atoms with Gasteiger partial charge in [-0.15, -0.1) is 0 Å². The van der Waals surface area contributed by atoms with E-state index in [-0.39, 0.29) is 0 Å². The average Bonchev–Trinajstić information content (AvgIpc) is 2.88. The topological polar surface area (TPSA) is 0 Å². The summed E-state index contributed by atoms with van der Waals surface area (Å²) in [5.41, 5.74) is 8.29. The second-order valence-electron chi connectivity index (χ2n) is 5.89. The maximum atomic E-state index is 3.52. The highest BCUT2D eigenvalue weighted by Crippen LogP contribution is 2.33. The summed E-state index contributed by atoms with van der Waals surface area (Å²) in [6.45, 7) is 9.81. The van der Waals surface area contributed by atoms with Gasteiger partial charge < -0.3 is 0 Å². The van der Waals surface area contributed by atoms with Crippen LogP contribution in [0.3, 0.4) is 0 Å². The predicted octanol–water partition coefficient (Wildman–Crippen LogP) is 6.45. The highest BCUT2D eigenvalue weighted by molar-refractivity contribution is 5.80. The molecule has 2 aromatic rings. The summed E-state index contributed by atoms with van der Waals surface area (Å²) < 4.78 is 0. The van der Waals surface area contributed by atoms with Crippen LogP contribution in [0.5, 0.6) is 0 Å². The molecule has 0 N–H and O–H groups in total. The van der Waals surface area contributed by atoms with Crippen molar-refractivity contribution < 1.29 is 0 Å². The van der Waals surface area contributed by atoms with Crippen molar-refractivity contribution in [1.82, 2.24) is 0 Å². The van der Waals surface area contributed by atoms with Crippen LogP contribution in [-0.2, 0) is 6.42 Å². The van der Waals surface area contributed by atoms with Crippen molar-refractivity contribution in [2.24, 2.45) is 0 Å². The molecule has 0 amide bonds. The summed E-state index contributed by atoms with van der Waals surface area (Å²) in [6, 6.07) is 17.2. The minimum atomic E-state index is 1.11. The van der Waals surface area contributed by atoms with Crippen LogP contribution in [-0.4, -0.2) is 0 Å². The summed E-state index contributed by atoms with van der Waals surface area (Å²) in [4.78, 5) is 0. The van der Waals surface area contributed by atoms with E-state index in [2.05, 4.69) is 68.1 Å². The molecule has 0 heterocycles. The van der Waals surface area contributed by atoms with Crippen LogP contribution < -0.4 is 0 Å². The van der Waals surface area contributed by atoms with Gasteiger partial charge in [-0.1, -0.05) is 84.5 Å². The van der Waals surface area contributed by atoms with Gasteiger partial charge in [-0.3, -0.25) is 0 Å². The number of allylic oxidation sites excluding steroid dienone is 4. The largest absolute Gasteiger partial charge is 0.0991 e. The van der Waals surface area contributed by atoms with Gasteiger partial charge in [-0.2, -0.15) is 0 Å². The molecule has 22 heavy (non-hydrogen) atoms. The minimum absolute atomic E-state index is 1.11. The Bertz CT molecular complexity index is 696. The Labute approximate surface area is 134 Å². The van der Waals surface area contributed by atoms with E-state index < -0.39 is 0 Å². The third kappa shape index (κ3) is 4.08. The van der Waals surface area contributed by atoms with E-state index in [0.29, 0.717) is 0 Å². The summed E-state index contributed by atoms with van der Waals surface area (Å²) in [6.07, 6.45) is 7.18. The molecule has 1 aliphatic carbocycles. The zero-order valence-corrected chi connectivity index (χ0v) is 13.8. The normalized spacial score (nSPS) is 11.7. The molecule has 0 aliphatic heterocycles. The Hall–Kier alpha value is -2.34. The maximum absolute atomic E-state index is 3.52. The molecule has 0 radical (unpaired) electrons. The predicted molar refractivity (Wildman–Crippen MR) is 98.9 cm³/mol. The van der Waals surface area contributed by atoms with Gasteiger partial charge in [-0.05, 0) is 49.4 Å². The monoisotopic (exact) mass is 288 g/mol. The third-order valence-corrected chi connectivity index (χ3v) is 3.59. The Balaban J connectivity index is 0.000000254. The molecule has 3 rings (SSSR count). The number of fused-ring (bicyclic) bond motifs is 1. The first-order chi connectivity index (χ1) is 10.6. The molecule has 1 aliphatic rings. The van der Waals surface area contributed by atoms with Crippen molar-refractivity contribution in [3.63, 3.8) is 0 Å². The van der Waals surface area contributed by atoms with Crippen molar-refractivity contribution in [1.29, 1.82) is 0 Å². The fourth-order valence-corrected chi connectivity index (χ4v) is 2.64. The molecule has 0 bridgehead atoms. The smallest absolute Gasteiger partial charge is 0.00604 e. The molecule has 112 valence electrons. The van der Waals surface area contributed by atoms with Crippen LogP contribution >= 0.6 is 0 Å². The number of benzene rings is 2. The van der Waals surface area contributed by atoms with Gasteiger partial charge in [-0.25, -0.2) is 0 Å². The molecule has 0 nitrogen and oxygen atoms in total. The maximum Gasteiger partial charge on any atom is -0.00604 e. The van der Waals surface area contributed by atoms with E-state index in [9.17, 15) is 0 Å². The van der Waals surface area contributed by atoms with Gasteiger partial charge in [0.15, 0.2) is 0 Å². The van der Waals surface area contributed by atoms with Crippen LogP contribution in [0.25, 0.3) is 17.2 Å². The molecule has 0 saturated heterocycles. The molecule has 0 atom stereocenters. The Morgan fingerprint density at radius 1 is 1.00 bits per heavy atom. The molecule has 0 heteroatoms. The summed E-state index contributed by atoms with van der Waals surface area (Å²) in [7, 11) is 0. The van der Waals surface area contributed by atoms with E-state index in [1.807, 2.05) is 19.9 Å². The van der Waals surface area contributed by atoms with Crippen molar-refractivity contribution in [3.05, 3.63) is 89.5 Å². The van der Waals surface area contributed by atoms with Gasteiger partial charge >= 0.3 is 0 Å². The average molecular weight is 288 g/mol. The zero-order valence-electron chi connectivity index (χ0n) is 13.8. The standard InChI is InChI=1S/C16H14.C6H10/c1-12-10-14-8-5-9-15(16(14)11-12)13-6-3-2-4-7-13;1-4-5-6(2)3/h2-9,11H,10H2,1H3;4-5H,1H2,2-3H3. The Morgan fingerprint density at radius 2 is 1.73 bits per heavy atom. The quantitative estimate of drug-likeness (QED) is 0.557. The molecular formula is C22H24. The Morgan fingerprint density at radius 3 is 2.32 bits per heavy atom. The lowest BCUT2D eigenvalue weighted by atomic mass is 9.97. The highest BCUT2D eigenvalue weighted by Gasteiger charge is 2.13. The molecule has 0 saturated carbocycles. The lowest BCUT2D eigenvalue weighted by molar-refractivity contribution is 1.20. The van der Waals surface area contributed by atoms with Gasteiger partial charge in [0.1, 0.15) is 0 Å². The van der Waals surface area contributed by atoms with Crippen LogP contribution in [0.1, 0.15) is 31.9 Å². The van der Waals surface area contributed by atoms with E-state index in [1.54, 1.807) is 6.08 Å². The highest BCUT2D eigenvalue weighted by atomic mass is 14.2. The van der Waals surface area contributed by atoms with Crippen LogP contribution in [0.4, 0.5) is 0 Å². The molecule has 0 fully saturated rings. The second kappa shape index (κ2) is 7.61. The van der Waals surface area contributed by atoms with E-state index >= 15 is 0 Å². The minimum Gasteiger partial charge on any atom is -0.0991 e. The third-order valence-electron chi connectivity index (χ3n) is 3.59. The van der Waals surface area contributed by atoms with E-state index in [0.717, 1.165) is 6.42 Å². The van der Waals surface area contributed by atoms with E-state index in [1.165, 1.54) is 33.4 Å². The van der Waals surface area contributed by atoms with Gasteiger partial charge in [0.25, 0.3) is 0 Å². The first-order valence-corrected chi connectivity index (χ1v) is 7.72. The lowest BCUT2D eigenvalue weighted by Gasteiger charge is -2.07. The molecule has 0 spiro atoms. The van der Waals surface area contributed by atoms with Crippen molar-refractivity contribution in [2.75, 3.05) is 0 Å². The molecule has 0 aromatic heterocycles. The van der Waals surface area contributed by atoms with Gasteiger partial charge in [0, 0.05) is 0 Å². The fraction of sp³-hybridized carbons (Fsp3) is 0.182. The van der Waals surface area contributed by atoms with E-state index in [4.69, 9.17) is 0 Å². The summed E-state index contributed by atoms with van der Waals surface area (Å²) >= 11 is 0. The number of hydrogen-bond acceptors (Lipinski definition) is 0. The van der Waals surface area contributed by atoms with Crippen molar-refractivity contribution >= 4 is 6.08 Å². The Kier molecular flexibility index (Phi) is 5.55. The van der Waals surface area contributed by atoms with Gasteiger partial charge in [0.05, 0.1) is 0 Å². The first kappa shape index (κ1) is 16.0. The molecule has 0 unspecified atom stereocenters. The van der Waals surface area contributed by atoms with Crippen LogP contribution in [0.15, 0.2) is 78.4 Å². The van der Waals surface area contributed by atoms with Gasteiger partial charge in [0.2, 0.25) is 0 Å². The second-order valence-corrected chi connectivity index (χ2v) is 5.89. The fourth-order valence-electron chi connectivity index (χ4n) is 2.64. The first-order valence-electron chi connectivity index (χ1n) is 7.72. The lowest BCUT2D eigenvalue weighted by Crippen LogP contribution is -1.86. The molecular weight excluding hydrogens is 264 g/mol. The van der Waals surface area contributed by atoms with Crippen molar-refractivity contribution in [2.45, 2.75) is 27.2 Å².